The number of hydrogen-bond acceptors (Lipinski definition) is 4. The first-order valence-corrected chi connectivity index (χ1v) is 6.71. The van der Waals surface area contributed by atoms with Crippen molar-refractivity contribution in [2.75, 3.05) is 12.3 Å². The maximum Gasteiger partial charge on any atom is 0.267 e. The van der Waals surface area contributed by atoms with E-state index in [0.29, 0.717) is 17.9 Å². The van der Waals surface area contributed by atoms with E-state index in [0.717, 1.165) is 18.0 Å². The summed E-state index contributed by atoms with van der Waals surface area (Å²) in [4.78, 5) is 16.1. The van der Waals surface area contributed by atoms with Crippen LogP contribution in [0.5, 0.6) is 0 Å². The Labute approximate surface area is 110 Å². The van der Waals surface area contributed by atoms with Gasteiger partial charge < -0.3 is 15.6 Å². The fourth-order valence-corrected chi connectivity index (χ4v) is 2.36. The lowest BCUT2D eigenvalue weighted by Crippen LogP contribution is -2.27. The zero-order chi connectivity index (χ0) is 13.0. The van der Waals surface area contributed by atoms with Gasteiger partial charge in [-0.1, -0.05) is 0 Å². The van der Waals surface area contributed by atoms with Crippen molar-refractivity contribution in [1.82, 2.24) is 14.9 Å². The number of rotatable bonds is 5. The summed E-state index contributed by atoms with van der Waals surface area (Å²) < 4.78 is 1.84. The summed E-state index contributed by atoms with van der Waals surface area (Å²) in [6.07, 6.45) is 4.30. The summed E-state index contributed by atoms with van der Waals surface area (Å²) in [6.45, 7) is 3.29. The molecule has 0 bridgehead atoms. The molecule has 0 unspecified atom stereocenters. The van der Waals surface area contributed by atoms with Gasteiger partial charge in [0.25, 0.3) is 5.91 Å². The Morgan fingerprint density at radius 3 is 3.11 bits per heavy atom. The van der Waals surface area contributed by atoms with Crippen molar-refractivity contribution in [3.8, 4) is 0 Å². The summed E-state index contributed by atoms with van der Waals surface area (Å²) in [5.41, 5.74) is 6.91. The maximum atomic E-state index is 12.0. The molecule has 0 aliphatic rings. The average molecular weight is 264 g/mol. The van der Waals surface area contributed by atoms with Crippen LogP contribution in [0.25, 0.3) is 0 Å². The SMILES string of the molecule is CCn1cc(N)cc1C(=O)NCCc1nccs1. The van der Waals surface area contributed by atoms with Crippen molar-refractivity contribution in [3.05, 3.63) is 34.5 Å². The highest BCUT2D eigenvalue weighted by Crippen LogP contribution is 2.10. The van der Waals surface area contributed by atoms with Crippen LogP contribution in [0.2, 0.25) is 0 Å². The van der Waals surface area contributed by atoms with Gasteiger partial charge in [0.2, 0.25) is 0 Å². The molecule has 0 aliphatic carbocycles. The molecule has 2 aromatic rings. The van der Waals surface area contributed by atoms with E-state index >= 15 is 0 Å². The molecule has 0 saturated carbocycles. The summed E-state index contributed by atoms with van der Waals surface area (Å²) >= 11 is 1.59. The van der Waals surface area contributed by atoms with Crippen molar-refractivity contribution in [3.63, 3.8) is 0 Å². The van der Waals surface area contributed by atoms with Gasteiger partial charge in [0.05, 0.1) is 10.7 Å². The Kier molecular flexibility index (Phi) is 3.99. The highest BCUT2D eigenvalue weighted by atomic mass is 32.1. The van der Waals surface area contributed by atoms with Crippen molar-refractivity contribution in [2.24, 2.45) is 0 Å². The van der Waals surface area contributed by atoms with E-state index in [1.807, 2.05) is 16.9 Å². The van der Waals surface area contributed by atoms with Crippen LogP contribution in [-0.2, 0) is 13.0 Å². The monoisotopic (exact) mass is 264 g/mol. The summed E-state index contributed by atoms with van der Waals surface area (Å²) in [6, 6.07) is 1.70. The number of aryl methyl sites for hydroxylation is 1. The number of amides is 1. The van der Waals surface area contributed by atoms with Crippen LogP contribution in [0, 0.1) is 0 Å². The van der Waals surface area contributed by atoms with E-state index in [2.05, 4.69) is 10.3 Å². The van der Waals surface area contributed by atoms with Crippen LogP contribution in [-0.4, -0.2) is 22.0 Å². The normalized spacial score (nSPS) is 10.5. The molecule has 1 amide bonds. The Bertz CT molecular complexity index is 518. The lowest BCUT2D eigenvalue weighted by Gasteiger charge is -2.06. The number of thiazole rings is 1. The van der Waals surface area contributed by atoms with Crippen LogP contribution >= 0.6 is 11.3 Å². The Hall–Kier alpha value is -1.82. The maximum absolute atomic E-state index is 12.0. The molecule has 0 spiro atoms. The molecule has 2 heterocycles. The van der Waals surface area contributed by atoms with Gasteiger partial charge in [-0.05, 0) is 13.0 Å². The molecule has 2 rings (SSSR count). The van der Waals surface area contributed by atoms with Crippen molar-refractivity contribution in [2.45, 2.75) is 19.9 Å². The first-order valence-electron chi connectivity index (χ1n) is 5.83. The fourth-order valence-electron chi connectivity index (χ4n) is 1.74. The summed E-state index contributed by atoms with van der Waals surface area (Å²) in [5, 5.41) is 5.84. The van der Waals surface area contributed by atoms with Crippen LogP contribution < -0.4 is 11.1 Å². The minimum Gasteiger partial charge on any atom is -0.397 e. The summed E-state index contributed by atoms with van der Waals surface area (Å²) in [5.74, 6) is -0.0925. The molecule has 0 atom stereocenters. The van der Waals surface area contributed by atoms with Gasteiger partial charge in [-0.2, -0.15) is 0 Å². The molecule has 6 heteroatoms. The number of nitrogens with two attached hydrogens (primary N) is 1. The quantitative estimate of drug-likeness (QED) is 0.860. The Morgan fingerprint density at radius 1 is 1.61 bits per heavy atom. The van der Waals surface area contributed by atoms with Crippen molar-refractivity contribution < 1.29 is 4.79 Å². The molecule has 96 valence electrons. The van der Waals surface area contributed by atoms with E-state index in [1.165, 1.54) is 0 Å². The minimum atomic E-state index is -0.0925. The average Bonchev–Trinajstić information content (AvgIpc) is 2.98. The second-order valence-electron chi connectivity index (χ2n) is 3.88. The fraction of sp³-hybridized carbons (Fsp3) is 0.333. The number of aromatic nitrogens is 2. The lowest BCUT2D eigenvalue weighted by atomic mass is 10.3. The third-order valence-electron chi connectivity index (χ3n) is 2.60. The number of nitrogens with zero attached hydrogens (tertiary/aromatic N) is 2. The number of anilines is 1. The van der Waals surface area contributed by atoms with Gasteiger partial charge in [-0.25, -0.2) is 4.98 Å². The molecule has 0 fully saturated rings. The number of hydrogen-bond donors (Lipinski definition) is 2. The van der Waals surface area contributed by atoms with Gasteiger partial charge in [0.15, 0.2) is 0 Å². The number of carbonyl (C=O) groups is 1. The predicted octanol–water partition coefficient (Wildman–Crippen LogP) is 1.52. The van der Waals surface area contributed by atoms with Gasteiger partial charge in [0, 0.05) is 37.3 Å². The van der Waals surface area contributed by atoms with Gasteiger partial charge in [0.1, 0.15) is 5.69 Å². The van der Waals surface area contributed by atoms with Crippen molar-refractivity contribution in [1.29, 1.82) is 0 Å². The molecular weight excluding hydrogens is 248 g/mol. The largest absolute Gasteiger partial charge is 0.397 e. The molecule has 18 heavy (non-hydrogen) atoms. The zero-order valence-corrected chi connectivity index (χ0v) is 11.0. The molecule has 0 aliphatic heterocycles. The van der Waals surface area contributed by atoms with E-state index in [9.17, 15) is 4.79 Å². The van der Waals surface area contributed by atoms with E-state index < -0.39 is 0 Å². The van der Waals surface area contributed by atoms with E-state index in [-0.39, 0.29) is 5.91 Å². The first-order chi connectivity index (χ1) is 8.70. The second kappa shape index (κ2) is 5.68. The van der Waals surface area contributed by atoms with Crippen LogP contribution in [0.15, 0.2) is 23.8 Å². The zero-order valence-electron chi connectivity index (χ0n) is 10.2. The highest BCUT2D eigenvalue weighted by molar-refractivity contribution is 7.09. The number of nitrogen functional groups attached to an aromatic ring is 1. The first kappa shape index (κ1) is 12.6. The molecule has 2 aromatic heterocycles. The van der Waals surface area contributed by atoms with Gasteiger partial charge in [-0.3, -0.25) is 4.79 Å². The van der Waals surface area contributed by atoms with E-state index in [1.54, 1.807) is 29.8 Å². The topological polar surface area (TPSA) is 72.9 Å². The third-order valence-corrected chi connectivity index (χ3v) is 3.44. The van der Waals surface area contributed by atoms with Crippen LogP contribution in [0.1, 0.15) is 22.4 Å². The molecule has 3 N–H and O–H groups in total. The number of nitrogens with one attached hydrogen (secondary N) is 1. The second-order valence-corrected chi connectivity index (χ2v) is 4.86. The highest BCUT2D eigenvalue weighted by Gasteiger charge is 2.11. The van der Waals surface area contributed by atoms with Gasteiger partial charge in [-0.15, -0.1) is 11.3 Å². The lowest BCUT2D eigenvalue weighted by molar-refractivity contribution is 0.0945. The van der Waals surface area contributed by atoms with E-state index in [4.69, 9.17) is 5.73 Å². The predicted molar refractivity (Wildman–Crippen MR) is 72.7 cm³/mol. The van der Waals surface area contributed by atoms with Gasteiger partial charge >= 0.3 is 0 Å². The van der Waals surface area contributed by atoms with Crippen LogP contribution in [0.3, 0.4) is 0 Å². The molecule has 0 aromatic carbocycles. The third kappa shape index (κ3) is 2.89. The van der Waals surface area contributed by atoms with Crippen LogP contribution in [0.4, 0.5) is 5.69 Å². The molecule has 0 radical (unpaired) electrons. The smallest absolute Gasteiger partial charge is 0.267 e. The summed E-state index contributed by atoms with van der Waals surface area (Å²) in [7, 11) is 0. The standard InChI is InChI=1S/C12H16N4OS/c1-2-16-8-9(13)7-10(16)12(17)15-4-3-11-14-5-6-18-11/h5-8H,2-4,13H2,1H3,(H,15,17). The van der Waals surface area contributed by atoms with Crippen molar-refractivity contribution >= 4 is 22.9 Å². The molecular formula is C12H16N4OS. The number of carbonyl (C=O) groups excluding carboxylic acids is 1. The molecule has 0 saturated heterocycles. The minimum absolute atomic E-state index is 0.0925. The Morgan fingerprint density at radius 2 is 2.44 bits per heavy atom. The Balaban J connectivity index is 1.91. The molecule has 5 nitrogen and oxygen atoms in total.